The molecule has 1 aromatic rings. The molecular formula is C13H21N5O. The molecule has 1 aromatic heterocycles. The van der Waals surface area contributed by atoms with E-state index < -0.39 is 0 Å². The SMILES string of the molecule is CCc1cnc(N)nc1N[C@H]1CCCN(C(C)=O)C1. The van der Waals surface area contributed by atoms with Gasteiger partial charge in [-0.3, -0.25) is 4.79 Å². The second-order valence-corrected chi connectivity index (χ2v) is 4.90. The third kappa shape index (κ3) is 3.33. The number of hydrogen-bond donors (Lipinski definition) is 2. The zero-order chi connectivity index (χ0) is 13.8. The van der Waals surface area contributed by atoms with Gasteiger partial charge in [0.2, 0.25) is 11.9 Å². The van der Waals surface area contributed by atoms with Crippen molar-refractivity contribution in [3.8, 4) is 0 Å². The molecule has 0 radical (unpaired) electrons. The highest BCUT2D eigenvalue weighted by Crippen LogP contribution is 2.18. The Balaban J connectivity index is 2.08. The first-order chi connectivity index (χ1) is 9.10. The monoisotopic (exact) mass is 263 g/mol. The fourth-order valence-electron chi connectivity index (χ4n) is 2.38. The van der Waals surface area contributed by atoms with Crippen LogP contribution in [-0.2, 0) is 11.2 Å². The highest BCUT2D eigenvalue weighted by atomic mass is 16.2. The predicted molar refractivity (Wildman–Crippen MR) is 74.7 cm³/mol. The molecule has 2 heterocycles. The largest absolute Gasteiger partial charge is 0.368 e. The number of piperidine rings is 1. The van der Waals surface area contributed by atoms with Crippen LogP contribution in [0.5, 0.6) is 0 Å². The third-order valence-electron chi connectivity index (χ3n) is 3.47. The first kappa shape index (κ1) is 13.6. The molecule has 0 saturated carbocycles. The van der Waals surface area contributed by atoms with E-state index in [0.717, 1.165) is 43.7 Å². The van der Waals surface area contributed by atoms with Crippen LogP contribution in [0, 0.1) is 0 Å². The van der Waals surface area contributed by atoms with Crippen LogP contribution in [0.15, 0.2) is 6.20 Å². The second-order valence-electron chi connectivity index (χ2n) is 4.90. The number of nitrogens with one attached hydrogen (secondary N) is 1. The van der Waals surface area contributed by atoms with Gasteiger partial charge in [0.1, 0.15) is 5.82 Å². The van der Waals surface area contributed by atoms with Gasteiger partial charge in [0.25, 0.3) is 0 Å². The van der Waals surface area contributed by atoms with E-state index in [-0.39, 0.29) is 17.9 Å². The summed E-state index contributed by atoms with van der Waals surface area (Å²) in [6.07, 6.45) is 4.66. The summed E-state index contributed by atoms with van der Waals surface area (Å²) >= 11 is 0. The molecule has 104 valence electrons. The molecule has 1 saturated heterocycles. The van der Waals surface area contributed by atoms with Crippen molar-refractivity contribution < 1.29 is 4.79 Å². The maximum absolute atomic E-state index is 11.4. The van der Waals surface area contributed by atoms with Gasteiger partial charge in [-0.15, -0.1) is 0 Å². The first-order valence-electron chi connectivity index (χ1n) is 6.73. The van der Waals surface area contributed by atoms with E-state index in [1.165, 1.54) is 0 Å². The Bertz CT molecular complexity index is 462. The van der Waals surface area contributed by atoms with Gasteiger partial charge in [-0.1, -0.05) is 6.92 Å². The maximum Gasteiger partial charge on any atom is 0.221 e. The third-order valence-corrected chi connectivity index (χ3v) is 3.47. The van der Waals surface area contributed by atoms with Crippen LogP contribution in [-0.4, -0.2) is 39.9 Å². The summed E-state index contributed by atoms with van der Waals surface area (Å²) in [7, 11) is 0. The molecule has 1 fully saturated rings. The highest BCUT2D eigenvalue weighted by Gasteiger charge is 2.22. The molecule has 0 spiro atoms. The Labute approximate surface area is 113 Å². The molecule has 2 rings (SSSR count). The smallest absolute Gasteiger partial charge is 0.221 e. The number of nitrogen functional groups attached to an aromatic ring is 1. The minimum Gasteiger partial charge on any atom is -0.368 e. The molecule has 1 aliphatic heterocycles. The van der Waals surface area contributed by atoms with Gasteiger partial charge in [-0.25, -0.2) is 4.98 Å². The lowest BCUT2D eigenvalue weighted by Gasteiger charge is -2.33. The van der Waals surface area contributed by atoms with Crippen LogP contribution in [0.25, 0.3) is 0 Å². The van der Waals surface area contributed by atoms with E-state index in [0.29, 0.717) is 0 Å². The minimum absolute atomic E-state index is 0.129. The van der Waals surface area contributed by atoms with Gasteiger partial charge in [0, 0.05) is 37.8 Å². The van der Waals surface area contributed by atoms with Crippen molar-refractivity contribution in [1.82, 2.24) is 14.9 Å². The normalized spacial score (nSPS) is 19.3. The number of anilines is 2. The quantitative estimate of drug-likeness (QED) is 0.851. The van der Waals surface area contributed by atoms with E-state index in [2.05, 4.69) is 22.2 Å². The lowest BCUT2D eigenvalue weighted by molar-refractivity contribution is -0.129. The second kappa shape index (κ2) is 5.86. The molecule has 0 bridgehead atoms. The van der Waals surface area contributed by atoms with E-state index in [9.17, 15) is 4.79 Å². The average Bonchev–Trinajstić information content (AvgIpc) is 2.39. The van der Waals surface area contributed by atoms with Crippen LogP contribution < -0.4 is 11.1 Å². The molecule has 0 aromatic carbocycles. The summed E-state index contributed by atoms with van der Waals surface area (Å²) in [6, 6.07) is 0.234. The predicted octanol–water partition coefficient (Wildman–Crippen LogP) is 1.04. The zero-order valence-corrected chi connectivity index (χ0v) is 11.5. The lowest BCUT2D eigenvalue weighted by atomic mass is 10.1. The van der Waals surface area contributed by atoms with Crippen molar-refractivity contribution >= 4 is 17.7 Å². The topological polar surface area (TPSA) is 84.1 Å². The van der Waals surface area contributed by atoms with Crippen molar-refractivity contribution in [2.75, 3.05) is 24.1 Å². The molecule has 19 heavy (non-hydrogen) atoms. The lowest BCUT2D eigenvalue weighted by Crippen LogP contribution is -2.44. The van der Waals surface area contributed by atoms with E-state index in [1.54, 1.807) is 13.1 Å². The first-order valence-corrected chi connectivity index (χ1v) is 6.73. The highest BCUT2D eigenvalue weighted by molar-refractivity contribution is 5.73. The summed E-state index contributed by atoms with van der Waals surface area (Å²) in [4.78, 5) is 21.6. The number of aromatic nitrogens is 2. The Kier molecular flexibility index (Phi) is 4.19. The molecule has 6 nitrogen and oxygen atoms in total. The van der Waals surface area contributed by atoms with Crippen LogP contribution in [0.1, 0.15) is 32.3 Å². The molecule has 1 amide bonds. The Morgan fingerprint density at radius 2 is 2.42 bits per heavy atom. The van der Waals surface area contributed by atoms with E-state index in [4.69, 9.17) is 5.73 Å². The summed E-state index contributed by atoms with van der Waals surface area (Å²) in [5.41, 5.74) is 6.69. The van der Waals surface area contributed by atoms with E-state index >= 15 is 0 Å². The minimum atomic E-state index is 0.129. The number of carbonyl (C=O) groups excluding carboxylic acids is 1. The summed E-state index contributed by atoms with van der Waals surface area (Å²) < 4.78 is 0. The zero-order valence-electron chi connectivity index (χ0n) is 11.5. The summed E-state index contributed by atoms with van der Waals surface area (Å²) in [5.74, 6) is 1.20. The number of nitrogens with zero attached hydrogens (tertiary/aromatic N) is 3. The average molecular weight is 263 g/mol. The van der Waals surface area contributed by atoms with Gasteiger partial charge >= 0.3 is 0 Å². The molecule has 1 atom stereocenters. The standard InChI is InChI=1S/C13H21N5O/c1-3-10-7-15-13(14)17-12(10)16-11-5-4-6-18(8-11)9(2)19/h7,11H,3-6,8H2,1-2H3,(H3,14,15,16,17)/t11-/m0/s1. The molecule has 3 N–H and O–H groups in total. The van der Waals surface area contributed by atoms with Crippen LogP contribution in [0.2, 0.25) is 0 Å². The summed E-state index contributed by atoms with van der Waals surface area (Å²) in [6.45, 7) is 5.24. The van der Waals surface area contributed by atoms with Gasteiger partial charge < -0.3 is 16.0 Å². The summed E-state index contributed by atoms with van der Waals surface area (Å²) in [5, 5.41) is 3.40. The number of carbonyl (C=O) groups is 1. The molecular weight excluding hydrogens is 242 g/mol. The van der Waals surface area contributed by atoms with E-state index in [1.807, 2.05) is 4.90 Å². The number of nitrogens with two attached hydrogens (primary N) is 1. The number of rotatable bonds is 3. The van der Waals surface area contributed by atoms with Gasteiger partial charge in [-0.2, -0.15) is 4.98 Å². The molecule has 1 aliphatic rings. The fraction of sp³-hybridized carbons (Fsp3) is 0.615. The van der Waals surface area contributed by atoms with Crippen molar-refractivity contribution in [1.29, 1.82) is 0 Å². The Morgan fingerprint density at radius 3 is 3.11 bits per heavy atom. The Morgan fingerprint density at radius 1 is 1.63 bits per heavy atom. The van der Waals surface area contributed by atoms with Crippen molar-refractivity contribution in [3.05, 3.63) is 11.8 Å². The molecule has 0 unspecified atom stereocenters. The fourth-order valence-corrected chi connectivity index (χ4v) is 2.38. The number of likely N-dealkylation sites (tertiary alicyclic amines) is 1. The van der Waals surface area contributed by atoms with Crippen molar-refractivity contribution in [3.63, 3.8) is 0 Å². The van der Waals surface area contributed by atoms with Gasteiger partial charge in [-0.05, 0) is 19.3 Å². The molecule has 6 heteroatoms. The van der Waals surface area contributed by atoms with Crippen molar-refractivity contribution in [2.45, 2.75) is 39.2 Å². The number of aryl methyl sites for hydroxylation is 1. The van der Waals surface area contributed by atoms with Crippen LogP contribution in [0.4, 0.5) is 11.8 Å². The van der Waals surface area contributed by atoms with Crippen LogP contribution >= 0.6 is 0 Å². The van der Waals surface area contributed by atoms with Gasteiger partial charge in [0.15, 0.2) is 0 Å². The number of amides is 1. The Hall–Kier alpha value is -1.85. The van der Waals surface area contributed by atoms with Crippen molar-refractivity contribution in [2.24, 2.45) is 0 Å². The van der Waals surface area contributed by atoms with Crippen LogP contribution in [0.3, 0.4) is 0 Å². The number of hydrogen-bond acceptors (Lipinski definition) is 5. The van der Waals surface area contributed by atoms with Gasteiger partial charge in [0.05, 0.1) is 0 Å². The molecule has 0 aliphatic carbocycles. The maximum atomic E-state index is 11.4.